The zero-order valence-electron chi connectivity index (χ0n) is 16.4. The van der Waals surface area contributed by atoms with Crippen LogP contribution >= 0.6 is 18.2 Å². The van der Waals surface area contributed by atoms with Crippen LogP contribution < -0.4 is 0 Å². The molecule has 10 nitrogen and oxygen atoms in total. The Bertz CT molecular complexity index is 652. The summed E-state index contributed by atoms with van der Waals surface area (Å²) < 4.78 is 45.0. The first-order valence-corrected chi connectivity index (χ1v) is 11.6. The Hall–Kier alpha value is -1.13. The third-order valence-electron chi connectivity index (χ3n) is 3.76. The van der Waals surface area contributed by atoms with Crippen LogP contribution in [0.3, 0.4) is 0 Å². The van der Waals surface area contributed by atoms with Gasteiger partial charge >= 0.3 is 24.7 Å². The molecule has 0 aromatic heterocycles. The molecule has 160 valence electrons. The van der Waals surface area contributed by atoms with Crippen LogP contribution in [-0.4, -0.2) is 61.5 Å². The monoisotopic (exact) mass is 440 g/mol. The van der Waals surface area contributed by atoms with Crippen molar-refractivity contribution in [3.63, 3.8) is 0 Å². The van der Waals surface area contributed by atoms with E-state index < -0.39 is 48.5 Å². The molecule has 2 rings (SSSR count). The molecule has 2 aliphatic rings. The molecule has 0 aromatic carbocycles. The Morgan fingerprint density at radius 2 is 1.43 bits per heavy atom. The van der Waals surface area contributed by atoms with Gasteiger partial charge in [0, 0.05) is 26.2 Å². The van der Waals surface area contributed by atoms with E-state index in [-0.39, 0.29) is 25.2 Å². The molecule has 2 heterocycles. The van der Waals surface area contributed by atoms with Gasteiger partial charge in [-0.1, -0.05) is 13.8 Å². The number of ether oxygens (including phenoxy) is 4. The lowest BCUT2D eigenvalue weighted by molar-refractivity contribution is -0.213. The summed E-state index contributed by atoms with van der Waals surface area (Å²) in [6.07, 6.45) is -3.31. The van der Waals surface area contributed by atoms with E-state index in [1.54, 1.807) is 0 Å². The Morgan fingerprint density at radius 3 is 1.93 bits per heavy atom. The highest BCUT2D eigenvalue weighted by Gasteiger charge is 2.51. The minimum atomic E-state index is -3.60. The van der Waals surface area contributed by atoms with Crippen LogP contribution in [0.2, 0.25) is 0 Å². The standard InChI is InChI=1S/C16H25O10PS/c1-9(17)24-12-6-21-15(14(26-11(3)19)13(12)25-10(2)18)28-27(20)22-7-16(4,5)8-23-27/h12-15H,6-8H2,1-5H3/t12-,13+,14-,15+/m1/s1. The van der Waals surface area contributed by atoms with E-state index in [1.807, 2.05) is 13.8 Å². The van der Waals surface area contributed by atoms with Crippen molar-refractivity contribution in [2.75, 3.05) is 19.8 Å². The zero-order valence-corrected chi connectivity index (χ0v) is 18.1. The van der Waals surface area contributed by atoms with Crippen molar-refractivity contribution >= 4 is 36.1 Å². The maximum absolute atomic E-state index is 12.9. The third kappa shape index (κ3) is 6.45. The average Bonchev–Trinajstić information content (AvgIpc) is 2.55. The van der Waals surface area contributed by atoms with E-state index in [4.69, 9.17) is 28.0 Å². The van der Waals surface area contributed by atoms with Crippen molar-refractivity contribution in [2.45, 2.75) is 58.4 Å². The van der Waals surface area contributed by atoms with Crippen LogP contribution in [0.25, 0.3) is 0 Å². The lowest BCUT2D eigenvalue weighted by atomic mass is 9.97. The van der Waals surface area contributed by atoms with Crippen molar-refractivity contribution in [1.82, 2.24) is 0 Å². The molecular formula is C16H25O10PS. The fraction of sp³-hybridized carbons (Fsp3) is 0.812. The number of carbonyl (C=O) groups is 3. The first-order valence-electron chi connectivity index (χ1n) is 8.61. The molecule has 0 saturated carbocycles. The minimum Gasteiger partial charge on any atom is -0.456 e. The fourth-order valence-electron chi connectivity index (χ4n) is 2.57. The number of hydrogen-bond donors (Lipinski definition) is 0. The summed E-state index contributed by atoms with van der Waals surface area (Å²) in [6.45, 7) is 4.01. The van der Waals surface area contributed by atoms with Gasteiger partial charge in [0.2, 0.25) is 0 Å². The molecule has 0 aromatic rings. The molecule has 0 aliphatic carbocycles. The topological polar surface area (TPSA) is 124 Å². The molecule has 2 aliphatic heterocycles. The molecule has 2 saturated heterocycles. The first-order chi connectivity index (χ1) is 12.9. The quantitative estimate of drug-likeness (QED) is 0.354. The van der Waals surface area contributed by atoms with Gasteiger partial charge in [0.1, 0.15) is 0 Å². The van der Waals surface area contributed by atoms with E-state index in [2.05, 4.69) is 0 Å². The van der Waals surface area contributed by atoms with Crippen LogP contribution in [0.5, 0.6) is 0 Å². The lowest BCUT2D eigenvalue weighted by Crippen LogP contribution is -2.56. The number of carbonyl (C=O) groups excluding carboxylic acids is 3. The van der Waals surface area contributed by atoms with Crippen molar-refractivity contribution in [3.8, 4) is 0 Å². The molecule has 0 N–H and O–H groups in total. The predicted octanol–water partition coefficient (Wildman–Crippen LogP) is 2.05. The van der Waals surface area contributed by atoms with E-state index in [9.17, 15) is 18.9 Å². The van der Waals surface area contributed by atoms with Crippen molar-refractivity contribution in [1.29, 1.82) is 0 Å². The van der Waals surface area contributed by atoms with E-state index >= 15 is 0 Å². The van der Waals surface area contributed by atoms with E-state index in [1.165, 1.54) is 20.8 Å². The first kappa shape index (κ1) is 23.2. The lowest BCUT2D eigenvalue weighted by Gasteiger charge is -2.41. The highest BCUT2D eigenvalue weighted by atomic mass is 32.7. The maximum atomic E-state index is 12.9. The molecule has 4 atom stereocenters. The summed E-state index contributed by atoms with van der Waals surface area (Å²) >= 11 is 0.726. The van der Waals surface area contributed by atoms with Gasteiger partial charge in [0.05, 0.1) is 19.8 Å². The van der Waals surface area contributed by atoms with Crippen molar-refractivity contribution in [2.24, 2.45) is 5.41 Å². The van der Waals surface area contributed by atoms with Crippen molar-refractivity contribution < 1.29 is 46.9 Å². The summed E-state index contributed by atoms with van der Waals surface area (Å²) in [7, 11) is 0. The van der Waals surface area contributed by atoms with Crippen LogP contribution in [0.1, 0.15) is 34.6 Å². The van der Waals surface area contributed by atoms with Crippen molar-refractivity contribution in [3.05, 3.63) is 0 Å². The van der Waals surface area contributed by atoms with Gasteiger partial charge in [-0.25, -0.2) is 4.57 Å². The number of hydrogen-bond acceptors (Lipinski definition) is 11. The van der Waals surface area contributed by atoms with Crippen LogP contribution in [0.4, 0.5) is 0 Å². The molecule has 12 heteroatoms. The van der Waals surface area contributed by atoms with Crippen LogP contribution in [-0.2, 0) is 46.9 Å². The molecule has 0 unspecified atom stereocenters. The molecule has 0 radical (unpaired) electrons. The number of esters is 3. The Labute approximate surface area is 167 Å². The van der Waals surface area contributed by atoms with Gasteiger partial charge in [-0.15, -0.1) is 0 Å². The van der Waals surface area contributed by atoms with E-state index in [0.29, 0.717) is 0 Å². The second-order valence-electron chi connectivity index (χ2n) is 7.26. The van der Waals surface area contributed by atoms with Gasteiger partial charge in [0.25, 0.3) is 0 Å². The molecule has 2 fully saturated rings. The molecule has 28 heavy (non-hydrogen) atoms. The van der Waals surface area contributed by atoms with Gasteiger partial charge in [-0.05, 0) is 11.4 Å². The highest BCUT2D eigenvalue weighted by molar-refractivity contribution is 8.55. The number of rotatable bonds is 5. The zero-order chi connectivity index (χ0) is 21.1. The predicted molar refractivity (Wildman–Crippen MR) is 97.3 cm³/mol. The summed E-state index contributed by atoms with van der Waals surface area (Å²) in [4.78, 5) is 34.5. The van der Waals surface area contributed by atoms with Gasteiger partial charge in [-0.2, -0.15) is 0 Å². The molecule has 0 spiro atoms. The fourth-order valence-corrected chi connectivity index (χ4v) is 6.50. The highest BCUT2D eigenvalue weighted by Crippen LogP contribution is 2.66. The van der Waals surface area contributed by atoms with E-state index in [0.717, 1.165) is 11.4 Å². The molecular weight excluding hydrogens is 415 g/mol. The second kappa shape index (κ2) is 9.13. The summed E-state index contributed by atoms with van der Waals surface area (Å²) in [5, 5.41) is 0. The second-order valence-corrected chi connectivity index (χ2v) is 11.3. The average molecular weight is 440 g/mol. The largest absolute Gasteiger partial charge is 0.456 e. The summed E-state index contributed by atoms with van der Waals surface area (Å²) in [6, 6.07) is 0. The van der Waals surface area contributed by atoms with Gasteiger partial charge in [-0.3, -0.25) is 14.4 Å². The van der Waals surface area contributed by atoms with Gasteiger partial charge < -0.3 is 28.0 Å². The smallest absolute Gasteiger partial charge is 0.391 e. The Kier molecular flexibility index (Phi) is 7.55. The molecule has 0 bridgehead atoms. The Morgan fingerprint density at radius 1 is 0.929 bits per heavy atom. The Balaban J connectivity index is 2.22. The normalized spacial score (nSPS) is 31.5. The van der Waals surface area contributed by atoms with Crippen LogP contribution in [0.15, 0.2) is 0 Å². The summed E-state index contributed by atoms with van der Waals surface area (Å²) in [5.74, 6) is -1.96. The molecule has 0 amide bonds. The maximum Gasteiger partial charge on any atom is 0.391 e. The van der Waals surface area contributed by atoms with Crippen LogP contribution in [0, 0.1) is 5.41 Å². The summed E-state index contributed by atoms with van der Waals surface area (Å²) in [5.41, 5.74) is -1.31. The SMILES string of the molecule is CC(=O)O[C@@H]1[C@@H](OC(C)=O)[C@H](SP2(=O)OCC(C)(C)CO2)OC[C@H]1OC(C)=O. The van der Waals surface area contributed by atoms with Gasteiger partial charge in [0.15, 0.2) is 23.7 Å². The minimum absolute atomic E-state index is 0.154. The third-order valence-corrected chi connectivity index (χ3v) is 7.56.